The molecule has 0 spiro atoms. The van der Waals surface area contributed by atoms with Crippen molar-refractivity contribution < 1.29 is 24.0 Å². The number of piperidine rings is 1. The third kappa shape index (κ3) is 5.66. The van der Waals surface area contributed by atoms with Crippen LogP contribution < -0.4 is 10.2 Å². The molecule has 9 nitrogen and oxygen atoms in total. The van der Waals surface area contributed by atoms with Crippen molar-refractivity contribution in [3.05, 3.63) is 33.9 Å². The molecule has 1 aromatic carbocycles. The number of rotatable bonds is 7. The van der Waals surface area contributed by atoms with Crippen molar-refractivity contribution in [3.63, 3.8) is 0 Å². The average Bonchev–Trinajstić information content (AvgIpc) is 3.24. The first-order chi connectivity index (χ1) is 13.9. The van der Waals surface area contributed by atoms with E-state index in [1.165, 1.54) is 12.1 Å². The third-order valence-electron chi connectivity index (χ3n) is 5.42. The number of carbonyl (C=O) groups excluding carboxylic acids is 2. The summed E-state index contributed by atoms with van der Waals surface area (Å²) >= 11 is 0. The fraction of sp³-hybridized carbons (Fsp3) is 0.600. The second-order valence-corrected chi connectivity index (χ2v) is 7.65. The molecule has 0 unspecified atom stereocenters. The second kappa shape index (κ2) is 9.69. The molecule has 29 heavy (non-hydrogen) atoms. The minimum absolute atomic E-state index is 0.00243. The maximum atomic E-state index is 12.3. The Bertz CT molecular complexity index is 755. The number of amides is 1. The van der Waals surface area contributed by atoms with Gasteiger partial charge in [0.1, 0.15) is 5.69 Å². The van der Waals surface area contributed by atoms with Crippen LogP contribution in [0.15, 0.2) is 18.2 Å². The minimum Gasteiger partial charge on any atom is -0.452 e. The lowest BCUT2D eigenvalue weighted by atomic mass is 9.98. The number of nitrogens with zero attached hydrogens (tertiary/aromatic N) is 2. The van der Waals surface area contributed by atoms with E-state index in [1.807, 2.05) is 4.90 Å². The zero-order valence-corrected chi connectivity index (χ0v) is 16.6. The Morgan fingerprint density at radius 3 is 2.72 bits per heavy atom. The van der Waals surface area contributed by atoms with Gasteiger partial charge in [-0.2, -0.15) is 0 Å². The fourth-order valence-corrected chi connectivity index (χ4v) is 3.61. The summed E-state index contributed by atoms with van der Waals surface area (Å²) in [6.45, 7) is 4.30. The number of hydrogen-bond donors (Lipinski definition) is 1. The molecule has 9 heteroatoms. The maximum Gasteiger partial charge on any atom is 0.338 e. The molecule has 1 aromatic rings. The monoisotopic (exact) mass is 405 g/mol. The first-order valence-corrected chi connectivity index (χ1v) is 10.0. The highest BCUT2D eigenvalue weighted by atomic mass is 16.6. The third-order valence-corrected chi connectivity index (χ3v) is 5.42. The van der Waals surface area contributed by atoms with E-state index in [0.29, 0.717) is 24.8 Å². The Balaban J connectivity index is 1.57. The van der Waals surface area contributed by atoms with Gasteiger partial charge >= 0.3 is 5.97 Å². The summed E-state index contributed by atoms with van der Waals surface area (Å²) in [7, 11) is 0. The Morgan fingerprint density at radius 2 is 2.07 bits per heavy atom. The Kier molecular flexibility index (Phi) is 7.03. The first kappa shape index (κ1) is 21.0. The van der Waals surface area contributed by atoms with Crippen LogP contribution in [0.5, 0.6) is 0 Å². The molecule has 0 bridgehead atoms. The number of nitro benzene ring substituents is 1. The quantitative estimate of drug-likeness (QED) is 0.421. The lowest BCUT2D eigenvalue weighted by Crippen LogP contribution is -2.34. The van der Waals surface area contributed by atoms with E-state index in [-0.39, 0.29) is 17.4 Å². The number of benzene rings is 1. The summed E-state index contributed by atoms with van der Waals surface area (Å²) in [6.07, 6.45) is 3.82. The minimum atomic E-state index is -0.765. The number of nitro groups is 1. The fourth-order valence-electron chi connectivity index (χ4n) is 3.61. The van der Waals surface area contributed by atoms with Gasteiger partial charge in [-0.3, -0.25) is 14.9 Å². The van der Waals surface area contributed by atoms with Gasteiger partial charge in [-0.05, 0) is 43.7 Å². The summed E-state index contributed by atoms with van der Waals surface area (Å²) in [5.41, 5.74) is 0.433. The molecule has 0 saturated carbocycles. The summed E-state index contributed by atoms with van der Waals surface area (Å²) < 4.78 is 10.4. The summed E-state index contributed by atoms with van der Waals surface area (Å²) in [4.78, 5) is 37.1. The summed E-state index contributed by atoms with van der Waals surface area (Å²) in [6, 6.07) is 4.31. The van der Waals surface area contributed by atoms with E-state index in [9.17, 15) is 19.7 Å². The Morgan fingerprint density at radius 1 is 1.31 bits per heavy atom. The number of hydrogen-bond acceptors (Lipinski definition) is 7. The van der Waals surface area contributed by atoms with Crippen molar-refractivity contribution in [2.45, 2.75) is 38.7 Å². The zero-order valence-electron chi connectivity index (χ0n) is 16.6. The molecule has 2 aliphatic rings. The highest BCUT2D eigenvalue weighted by molar-refractivity contribution is 5.93. The Hall–Kier alpha value is -2.68. The summed E-state index contributed by atoms with van der Waals surface area (Å²) in [5.74, 6) is -0.590. The SMILES string of the molecule is CC1CCN(c2ccc(C(=O)OCC(=O)NC[C@@H]3CCCO3)cc2[N+](=O)[O-])CC1. The van der Waals surface area contributed by atoms with Crippen LogP contribution in [0.1, 0.15) is 43.0 Å². The van der Waals surface area contributed by atoms with Gasteiger partial charge in [0.15, 0.2) is 6.61 Å². The lowest BCUT2D eigenvalue weighted by molar-refractivity contribution is -0.384. The van der Waals surface area contributed by atoms with Crippen LogP contribution in [0.2, 0.25) is 0 Å². The number of esters is 1. The van der Waals surface area contributed by atoms with Crippen molar-refractivity contribution in [2.24, 2.45) is 5.92 Å². The predicted molar refractivity (Wildman–Crippen MR) is 106 cm³/mol. The first-order valence-electron chi connectivity index (χ1n) is 10.0. The molecule has 2 aliphatic heterocycles. The van der Waals surface area contributed by atoms with Crippen molar-refractivity contribution in [2.75, 3.05) is 37.7 Å². The van der Waals surface area contributed by atoms with Crippen LogP contribution in [0, 0.1) is 16.0 Å². The van der Waals surface area contributed by atoms with Crippen LogP contribution in [0.3, 0.4) is 0 Å². The largest absolute Gasteiger partial charge is 0.452 e. The van der Waals surface area contributed by atoms with E-state index in [2.05, 4.69) is 12.2 Å². The highest BCUT2D eigenvalue weighted by Crippen LogP contribution is 2.32. The van der Waals surface area contributed by atoms with E-state index in [0.717, 1.165) is 38.8 Å². The van der Waals surface area contributed by atoms with Gasteiger partial charge in [0.25, 0.3) is 11.6 Å². The zero-order chi connectivity index (χ0) is 20.8. The standard InChI is InChI=1S/C20H27N3O6/c1-14-6-8-22(9-7-14)17-5-4-15(11-18(17)23(26)27)20(25)29-13-19(24)21-12-16-3-2-10-28-16/h4-5,11,14,16H,2-3,6-10,12-13H2,1H3,(H,21,24)/t16-/m0/s1. The van der Waals surface area contributed by atoms with E-state index >= 15 is 0 Å². The average molecular weight is 405 g/mol. The molecular formula is C20H27N3O6. The van der Waals surface area contributed by atoms with Gasteiger partial charge in [0, 0.05) is 32.3 Å². The normalized spacial score (nSPS) is 19.8. The molecule has 0 radical (unpaired) electrons. The molecule has 3 rings (SSSR count). The van der Waals surface area contributed by atoms with Gasteiger partial charge in [-0.1, -0.05) is 6.92 Å². The van der Waals surface area contributed by atoms with Gasteiger partial charge < -0.3 is 19.7 Å². The van der Waals surface area contributed by atoms with Crippen LogP contribution >= 0.6 is 0 Å². The molecule has 2 fully saturated rings. The van der Waals surface area contributed by atoms with Gasteiger partial charge in [-0.25, -0.2) is 4.79 Å². The van der Waals surface area contributed by atoms with E-state index in [4.69, 9.17) is 9.47 Å². The van der Waals surface area contributed by atoms with Crippen LogP contribution in [-0.4, -0.2) is 55.8 Å². The van der Waals surface area contributed by atoms with Gasteiger partial charge in [-0.15, -0.1) is 0 Å². The second-order valence-electron chi connectivity index (χ2n) is 7.65. The molecule has 2 saturated heterocycles. The number of anilines is 1. The smallest absolute Gasteiger partial charge is 0.338 e. The van der Waals surface area contributed by atoms with Crippen LogP contribution in [0.4, 0.5) is 11.4 Å². The van der Waals surface area contributed by atoms with Gasteiger partial charge in [0.05, 0.1) is 16.6 Å². The summed E-state index contributed by atoms with van der Waals surface area (Å²) in [5, 5.41) is 14.2. The van der Waals surface area contributed by atoms with Crippen molar-refractivity contribution >= 4 is 23.3 Å². The Labute approximate surface area is 169 Å². The number of ether oxygens (including phenoxy) is 2. The van der Waals surface area contributed by atoms with Crippen molar-refractivity contribution in [1.82, 2.24) is 5.32 Å². The van der Waals surface area contributed by atoms with Gasteiger partial charge in [0.2, 0.25) is 0 Å². The van der Waals surface area contributed by atoms with E-state index in [1.54, 1.807) is 6.07 Å². The predicted octanol–water partition coefficient (Wildman–Crippen LogP) is 2.28. The van der Waals surface area contributed by atoms with Crippen LogP contribution in [-0.2, 0) is 14.3 Å². The van der Waals surface area contributed by atoms with Crippen LogP contribution in [0.25, 0.3) is 0 Å². The molecular weight excluding hydrogens is 378 g/mol. The molecule has 158 valence electrons. The van der Waals surface area contributed by atoms with Crippen molar-refractivity contribution in [1.29, 1.82) is 0 Å². The molecule has 1 N–H and O–H groups in total. The maximum absolute atomic E-state index is 12.3. The molecule has 2 heterocycles. The van der Waals surface area contributed by atoms with E-state index < -0.39 is 23.4 Å². The number of nitrogens with one attached hydrogen (secondary N) is 1. The lowest BCUT2D eigenvalue weighted by Gasteiger charge is -2.31. The molecule has 1 atom stereocenters. The molecule has 1 amide bonds. The van der Waals surface area contributed by atoms with Crippen molar-refractivity contribution in [3.8, 4) is 0 Å². The highest BCUT2D eigenvalue weighted by Gasteiger charge is 2.25. The molecule has 0 aliphatic carbocycles. The molecule has 0 aromatic heterocycles. The topological polar surface area (TPSA) is 111 Å². The number of carbonyl (C=O) groups is 2.